The molecule has 22 heavy (non-hydrogen) atoms. The second-order valence-corrected chi connectivity index (χ2v) is 4.59. The van der Waals surface area contributed by atoms with Crippen molar-refractivity contribution >= 4 is 12.4 Å². The molecule has 0 unspecified atom stereocenters. The number of nitrogens with zero attached hydrogens (tertiary/aromatic N) is 2. The number of benzene rings is 2. The summed E-state index contributed by atoms with van der Waals surface area (Å²) in [6.07, 6.45) is 3.14. The first kappa shape index (κ1) is 15.8. The molecule has 0 heterocycles. The first-order valence-corrected chi connectivity index (χ1v) is 6.82. The Kier molecular flexibility index (Phi) is 5.36. The smallest absolute Gasteiger partial charge is 0.135 e. The number of hydrogen-bond donors (Lipinski definition) is 0. The van der Waals surface area contributed by atoms with Crippen molar-refractivity contribution in [3.8, 4) is 5.75 Å². The molecule has 0 atom stereocenters. The maximum Gasteiger partial charge on any atom is 0.135 e. The van der Waals surface area contributed by atoms with Gasteiger partial charge in [-0.05, 0) is 53.9 Å². The maximum absolute atomic E-state index is 13.7. The van der Waals surface area contributed by atoms with E-state index in [1.165, 1.54) is 18.3 Å². The molecule has 2 aromatic rings. The highest BCUT2D eigenvalue weighted by molar-refractivity contribution is 5.83. The van der Waals surface area contributed by atoms with Crippen LogP contribution in [0.4, 0.5) is 8.78 Å². The summed E-state index contributed by atoms with van der Waals surface area (Å²) in [5.41, 5.74) is 1.22. The van der Waals surface area contributed by atoms with Crippen molar-refractivity contribution < 1.29 is 13.5 Å². The highest BCUT2D eigenvalue weighted by atomic mass is 19.1. The molecule has 0 saturated heterocycles. The highest BCUT2D eigenvalue weighted by Gasteiger charge is 2.08. The van der Waals surface area contributed by atoms with Gasteiger partial charge in [0.25, 0.3) is 0 Å². The van der Waals surface area contributed by atoms with Gasteiger partial charge < -0.3 is 4.74 Å². The fourth-order valence-corrected chi connectivity index (χ4v) is 1.85. The van der Waals surface area contributed by atoms with Crippen molar-refractivity contribution in [1.82, 2.24) is 0 Å². The minimum Gasteiger partial charge on any atom is -0.497 e. The van der Waals surface area contributed by atoms with E-state index in [0.717, 1.165) is 17.5 Å². The zero-order chi connectivity index (χ0) is 15.9. The average Bonchev–Trinajstić information content (AvgIpc) is 2.53. The summed E-state index contributed by atoms with van der Waals surface area (Å²) in [4.78, 5) is 0. The van der Waals surface area contributed by atoms with Crippen LogP contribution in [0.3, 0.4) is 0 Å². The highest BCUT2D eigenvalue weighted by Crippen LogP contribution is 2.14. The zero-order valence-corrected chi connectivity index (χ0v) is 12.4. The van der Waals surface area contributed by atoms with Gasteiger partial charge in [0, 0.05) is 0 Å². The van der Waals surface area contributed by atoms with E-state index in [9.17, 15) is 8.78 Å². The quantitative estimate of drug-likeness (QED) is 0.607. The molecule has 0 fully saturated rings. The van der Waals surface area contributed by atoms with Gasteiger partial charge in [0.15, 0.2) is 0 Å². The van der Waals surface area contributed by atoms with Crippen LogP contribution in [0.2, 0.25) is 0 Å². The summed E-state index contributed by atoms with van der Waals surface area (Å²) in [6.45, 7) is 1.83. The van der Waals surface area contributed by atoms with Crippen molar-refractivity contribution in [3.63, 3.8) is 0 Å². The molecule has 0 bridgehead atoms. The van der Waals surface area contributed by atoms with E-state index < -0.39 is 11.6 Å². The lowest BCUT2D eigenvalue weighted by Gasteiger charge is -2.02. The molecule has 0 N–H and O–H groups in total. The van der Waals surface area contributed by atoms with Gasteiger partial charge in [-0.25, -0.2) is 8.78 Å². The summed E-state index contributed by atoms with van der Waals surface area (Å²) >= 11 is 0. The topological polar surface area (TPSA) is 34.0 Å². The fourth-order valence-electron chi connectivity index (χ4n) is 1.85. The van der Waals surface area contributed by atoms with Crippen LogP contribution in [0, 0.1) is 11.6 Å². The van der Waals surface area contributed by atoms with Crippen molar-refractivity contribution in [3.05, 3.63) is 64.7 Å². The minimum absolute atomic E-state index is 0.191. The van der Waals surface area contributed by atoms with E-state index in [4.69, 9.17) is 4.74 Å². The number of rotatable bonds is 5. The van der Waals surface area contributed by atoms with Gasteiger partial charge in [0.2, 0.25) is 0 Å². The summed E-state index contributed by atoms with van der Waals surface area (Å²) in [5.74, 6) is -0.540. The van der Waals surface area contributed by atoms with Crippen molar-refractivity contribution in [2.75, 3.05) is 7.11 Å². The van der Waals surface area contributed by atoms with Crippen LogP contribution < -0.4 is 4.74 Å². The Bertz CT molecular complexity index is 671. The standard InChI is InChI=1S/C17H16F2N2O/c1-3-12-8-16(18)15(17(19)9-12)11-21-20-10-13-4-6-14(22-2)7-5-13/h4-11H,3H2,1-2H3/b20-10+,21-11+. The SMILES string of the molecule is CCc1cc(F)c(/C=N/N=C/c2ccc(OC)cc2)c(F)c1. The zero-order valence-electron chi connectivity index (χ0n) is 12.4. The normalized spacial score (nSPS) is 11.5. The molecule has 2 rings (SSSR count). The molecule has 0 aromatic heterocycles. The molecule has 2 aromatic carbocycles. The summed E-state index contributed by atoms with van der Waals surface area (Å²) < 4.78 is 32.5. The predicted molar refractivity (Wildman–Crippen MR) is 83.9 cm³/mol. The molecule has 5 heteroatoms. The number of halogens is 2. The van der Waals surface area contributed by atoms with Crippen LogP contribution in [-0.4, -0.2) is 19.5 Å². The molecule has 0 saturated carbocycles. The molecule has 114 valence electrons. The molecule has 0 aliphatic rings. The van der Waals surface area contributed by atoms with Crippen molar-refractivity contribution in [1.29, 1.82) is 0 Å². The summed E-state index contributed by atoms with van der Waals surface area (Å²) in [7, 11) is 1.58. The van der Waals surface area contributed by atoms with Crippen LogP contribution >= 0.6 is 0 Å². The van der Waals surface area contributed by atoms with Gasteiger partial charge in [-0.15, -0.1) is 0 Å². The van der Waals surface area contributed by atoms with E-state index in [-0.39, 0.29) is 5.56 Å². The Balaban J connectivity index is 2.10. The average molecular weight is 302 g/mol. The van der Waals surface area contributed by atoms with Gasteiger partial charge >= 0.3 is 0 Å². The van der Waals surface area contributed by atoms with Gasteiger partial charge in [-0.1, -0.05) is 6.92 Å². The minimum atomic E-state index is -0.639. The third-order valence-corrected chi connectivity index (χ3v) is 3.12. The lowest BCUT2D eigenvalue weighted by molar-refractivity contribution is 0.415. The summed E-state index contributed by atoms with van der Waals surface area (Å²) in [5, 5.41) is 7.48. The largest absolute Gasteiger partial charge is 0.497 e. The third kappa shape index (κ3) is 3.97. The lowest BCUT2D eigenvalue weighted by atomic mass is 10.1. The number of aryl methyl sites for hydroxylation is 1. The Hall–Kier alpha value is -2.56. The Morgan fingerprint density at radius 1 is 1.00 bits per heavy atom. The molecule has 0 aliphatic heterocycles. The molecule has 3 nitrogen and oxygen atoms in total. The second kappa shape index (κ2) is 7.45. The Labute approximate surface area is 128 Å². The fraction of sp³-hybridized carbons (Fsp3) is 0.176. The number of hydrogen-bond acceptors (Lipinski definition) is 3. The van der Waals surface area contributed by atoms with Crippen LogP contribution in [0.1, 0.15) is 23.6 Å². The van der Waals surface area contributed by atoms with E-state index >= 15 is 0 Å². The van der Waals surface area contributed by atoms with Gasteiger partial charge in [0.05, 0.1) is 25.1 Å². The van der Waals surface area contributed by atoms with Crippen molar-refractivity contribution in [2.45, 2.75) is 13.3 Å². The number of methoxy groups -OCH3 is 1. The summed E-state index contributed by atoms with van der Waals surface area (Å²) in [6, 6.07) is 9.78. The van der Waals surface area contributed by atoms with Crippen LogP contribution in [-0.2, 0) is 6.42 Å². The van der Waals surface area contributed by atoms with Gasteiger partial charge in [-0.2, -0.15) is 10.2 Å². The molecule has 0 amide bonds. The molecular weight excluding hydrogens is 286 g/mol. The Morgan fingerprint density at radius 2 is 1.59 bits per heavy atom. The monoisotopic (exact) mass is 302 g/mol. The third-order valence-electron chi connectivity index (χ3n) is 3.12. The predicted octanol–water partition coefficient (Wildman–Crippen LogP) is 3.99. The maximum atomic E-state index is 13.7. The van der Waals surface area contributed by atoms with E-state index in [2.05, 4.69) is 10.2 Å². The van der Waals surface area contributed by atoms with Crippen LogP contribution in [0.15, 0.2) is 46.6 Å². The van der Waals surface area contributed by atoms with Crippen LogP contribution in [0.25, 0.3) is 0 Å². The van der Waals surface area contributed by atoms with Gasteiger partial charge in [0.1, 0.15) is 17.4 Å². The first-order chi connectivity index (χ1) is 10.6. The molecular formula is C17H16F2N2O. The molecule has 0 aliphatic carbocycles. The Morgan fingerprint density at radius 3 is 2.14 bits per heavy atom. The van der Waals surface area contributed by atoms with E-state index in [0.29, 0.717) is 12.0 Å². The lowest BCUT2D eigenvalue weighted by Crippen LogP contribution is -1.96. The van der Waals surface area contributed by atoms with Gasteiger partial charge in [-0.3, -0.25) is 0 Å². The molecule has 0 spiro atoms. The van der Waals surface area contributed by atoms with Crippen molar-refractivity contribution in [2.24, 2.45) is 10.2 Å². The van der Waals surface area contributed by atoms with E-state index in [1.54, 1.807) is 31.4 Å². The molecule has 0 radical (unpaired) electrons. The van der Waals surface area contributed by atoms with E-state index in [1.807, 2.05) is 6.92 Å². The second-order valence-electron chi connectivity index (χ2n) is 4.59. The number of ether oxygens (including phenoxy) is 1. The van der Waals surface area contributed by atoms with Crippen LogP contribution in [0.5, 0.6) is 5.75 Å². The first-order valence-electron chi connectivity index (χ1n) is 6.82.